The number of hydrogen-bond donors (Lipinski definition) is 2. The van der Waals surface area contributed by atoms with E-state index in [0.29, 0.717) is 10.3 Å². The first-order valence-corrected chi connectivity index (χ1v) is 7.54. The highest BCUT2D eigenvalue weighted by atomic mass is 35.5. The van der Waals surface area contributed by atoms with Crippen LogP contribution in [0.2, 0.25) is 0 Å². The molecule has 2 heterocycles. The van der Waals surface area contributed by atoms with Gasteiger partial charge in [0, 0.05) is 22.5 Å². The van der Waals surface area contributed by atoms with E-state index in [9.17, 15) is 9.59 Å². The fourth-order valence-corrected chi connectivity index (χ4v) is 2.64. The predicted octanol–water partition coefficient (Wildman–Crippen LogP) is 2.59. The molecule has 0 aliphatic carbocycles. The number of carbonyl (C=O) groups is 2. The van der Waals surface area contributed by atoms with E-state index in [1.54, 1.807) is 12.3 Å². The highest BCUT2D eigenvalue weighted by Gasteiger charge is 2.15. The van der Waals surface area contributed by atoms with Crippen LogP contribution in [0.4, 0.5) is 10.3 Å². The van der Waals surface area contributed by atoms with Gasteiger partial charge in [0.05, 0.1) is 6.61 Å². The molecule has 2 N–H and O–H groups in total. The number of ether oxygens (including phenoxy) is 1. The lowest BCUT2D eigenvalue weighted by Crippen LogP contribution is -2.12. The lowest BCUT2D eigenvalue weighted by molar-refractivity contribution is 0.0520. The molecule has 2 aromatic rings. The SMILES string of the molecule is CCOC(=O)c1csc(NC(=O)c2csc(NCl)n2)n1. The van der Waals surface area contributed by atoms with Gasteiger partial charge in [-0.3, -0.25) is 14.9 Å². The number of rotatable bonds is 5. The second-order valence-electron chi connectivity index (χ2n) is 3.34. The standard InChI is InChI=1S/C10H9ClN4O3S2/c1-2-18-8(17)6-4-19-9(13-6)14-7(16)5-3-20-10(12-5)15-11/h3-4H,2H2,1H3,(H,12,15)(H,13,14,16). The van der Waals surface area contributed by atoms with E-state index < -0.39 is 11.9 Å². The van der Waals surface area contributed by atoms with Gasteiger partial charge in [-0.15, -0.1) is 22.7 Å². The lowest BCUT2D eigenvalue weighted by atomic mass is 10.5. The number of amides is 1. The molecule has 10 heteroatoms. The molecule has 0 radical (unpaired) electrons. The number of carbonyl (C=O) groups excluding carboxylic acids is 2. The number of nitrogens with one attached hydrogen (secondary N) is 2. The Bertz CT molecular complexity index is 628. The van der Waals surface area contributed by atoms with Gasteiger partial charge in [0.25, 0.3) is 5.91 Å². The van der Waals surface area contributed by atoms with Crippen molar-refractivity contribution in [3.63, 3.8) is 0 Å². The van der Waals surface area contributed by atoms with E-state index in [1.807, 2.05) is 0 Å². The minimum absolute atomic E-state index is 0.161. The average Bonchev–Trinajstić information content (AvgIpc) is 3.07. The van der Waals surface area contributed by atoms with Crippen molar-refractivity contribution in [1.29, 1.82) is 0 Å². The minimum Gasteiger partial charge on any atom is -0.461 e. The Kier molecular flexibility index (Phi) is 4.88. The largest absolute Gasteiger partial charge is 0.461 e. The van der Waals surface area contributed by atoms with Gasteiger partial charge < -0.3 is 4.74 Å². The molecule has 106 valence electrons. The number of hydrogen-bond acceptors (Lipinski definition) is 8. The molecule has 0 spiro atoms. The van der Waals surface area contributed by atoms with Crippen LogP contribution in [0.25, 0.3) is 0 Å². The molecular weight excluding hydrogens is 324 g/mol. The summed E-state index contributed by atoms with van der Waals surface area (Å²) in [6, 6.07) is 0. The molecule has 0 saturated heterocycles. The number of thiazole rings is 2. The van der Waals surface area contributed by atoms with Crippen molar-refractivity contribution in [3.8, 4) is 0 Å². The molecule has 0 saturated carbocycles. The van der Waals surface area contributed by atoms with E-state index in [0.717, 1.165) is 11.3 Å². The normalized spacial score (nSPS) is 10.1. The summed E-state index contributed by atoms with van der Waals surface area (Å²) in [5.41, 5.74) is 0.375. The monoisotopic (exact) mass is 332 g/mol. The first kappa shape index (κ1) is 14.7. The van der Waals surface area contributed by atoms with Crippen LogP contribution in [0.3, 0.4) is 0 Å². The molecule has 0 aliphatic rings. The van der Waals surface area contributed by atoms with Gasteiger partial charge in [-0.2, -0.15) is 0 Å². The van der Waals surface area contributed by atoms with E-state index >= 15 is 0 Å². The Labute approximate surface area is 127 Å². The van der Waals surface area contributed by atoms with E-state index in [4.69, 9.17) is 16.5 Å². The maximum atomic E-state index is 11.9. The summed E-state index contributed by atoms with van der Waals surface area (Å²) in [4.78, 5) is 33.5. The topological polar surface area (TPSA) is 93.2 Å². The Balaban J connectivity index is 2.03. The Morgan fingerprint density at radius 1 is 1.25 bits per heavy atom. The van der Waals surface area contributed by atoms with Gasteiger partial charge in [0.15, 0.2) is 16.0 Å². The second kappa shape index (κ2) is 6.64. The molecule has 7 nitrogen and oxygen atoms in total. The lowest BCUT2D eigenvalue weighted by Gasteiger charge is -1.98. The zero-order chi connectivity index (χ0) is 14.5. The van der Waals surface area contributed by atoms with Crippen LogP contribution in [0.1, 0.15) is 27.9 Å². The molecule has 0 aliphatic heterocycles. The van der Waals surface area contributed by atoms with Gasteiger partial charge in [-0.25, -0.2) is 14.8 Å². The summed E-state index contributed by atoms with van der Waals surface area (Å²) in [7, 11) is 0. The first-order valence-electron chi connectivity index (χ1n) is 5.40. The number of anilines is 2. The fourth-order valence-electron chi connectivity index (χ4n) is 1.21. The maximum Gasteiger partial charge on any atom is 0.357 e. The van der Waals surface area contributed by atoms with Crippen LogP contribution >= 0.6 is 34.5 Å². The van der Waals surface area contributed by atoms with Crippen molar-refractivity contribution in [2.45, 2.75) is 6.92 Å². The van der Waals surface area contributed by atoms with Crippen LogP contribution < -0.4 is 10.2 Å². The summed E-state index contributed by atoms with van der Waals surface area (Å²) < 4.78 is 4.81. The molecule has 0 unspecified atom stereocenters. The minimum atomic E-state index is -0.522. The van der Waals surface area contributed by atoms with Crippen molar-refractivity contribution in [1.82, 2.24) is 9.97 Å². The molecule has 0 atom stereocenters. The van der Waals surface area contributed by atoms with Crippen LogP contribution in [-0.2, 0) is 4.74 Å². The summed E-state index contributed by atoms with van der Waals surface area (Å²) in [5, 5.41) is 6.33. The molecule has 0 aromatic carbocycles. The Hall–Kier alpha value is -1.71. The highest BCUT2D eigenvalue weighted by Crippen LogP contribution is 2.19. The van der Waals surface area contributed by atoms with Crippen molar-refractivity contribution in [3.05, 3.63) is 22.1 Å². The quantitative estimate of drug-likeness (QED) is 0.645. The Morgan fingerprint density at radius 3 is 2.55 bits per heavy atom. The first-order chi connectivity index (χ1) is 9.63. The zero-order valence-corrected chi connectivity index (χ0v) is 12.6. The van der Waals surface area contributed by atoms with Crippen molar-refractivity contribution in [2.24, 2.45) is 0 Å². The van der Waals surface area contributed by atoms with E-state index in [-0.39, 0.29) is 18.0 Å². The van der Waals surface area contributed by atoms with Gasteiger partial charge in [0.1, 0.15) is 5.69 Å². The predicted molar refractivity (Wildman–Crippen MR) is 77.6 cm³/mol. The average molecular weight is 333 g/mol. The second-order valence-corrected chi connectivity index (χ2v) is 5.25. The van der Waals surface area contributed by atoms with Crippen LogP contribution in [0.15, 0.2) is 10.8 Å². The maximum absolute atomic E-state index is 11.9. The van der Waals surface area contributed by atoms with E-state index in [1.165, 1.54) is 16.7 Å². The van der Waals surface area contributed by atoms with Crippen LogP contribution in [0, 0.1) is 0 Å². The Morgan fingerprint density at radius 2 is 1.90 bits per heavy atom. The van der Waals surface area contributed by atoms with E-state index in [2.05, 4.69) is 20.1 Å². The third-order valence-electron chi connectivity index (χ3n) is 2.03. The number of esters is 1. The molecule has 20 heavy (non-hydrogen) atoms. The van der Waals surface area contributed by atoms with Gasteiger partial charge in [0.2, 0.25) is 0 Å². The van der Waals surface area contributed by atoms with Gasteiger partial charge in [-0.1, -0.05) is 0 Å². The smallest absolute Gasteiger partial charge is 0.357 e. The molecule has 0 fully saturated rings. The zero-order valence-electron chi connectivity index (χ0n) is 10.2. The summed E-state index contributed by atoms with van der Waals surface area (Å²) in [6.45, 7) is 1.97. The summed E-state index contributed by atoms with van der Waals surface area (Å²) in [5.74, 6) is -0.948. The molecule has 2 aromatic heterocycles. The van der Waals surface area contributed by atoms with Crippen molar-refractivity contribution < 1.29 is 14.3 Å². The third-order valence-corrected chi connectivity index (χ3v) is 3.83. The molecule has 1 amide bonds. The van der Waals surface area contributed by atoms with Crippen molar-refractivity contribution in [2.75, 3.05) is 16.8 Å². The number of halogens is 1. The fraction of sp³-hybridized carbons (Fsp3) is 0.200. The summed E-state index contributed by atoms with van der Waals surface area (Å²) >= 11 is 7.71. The van der Waals surface area contributed by atoms with Crippen molar-refractivity contribution >= 4 is 56.6 Å². The highest BCUT2D eigenvalue weighted by molar-refractivity contribution is 7.14. The summed E-state index contributed by atoms with van der Waals surface area (Å²) in [6.07, 6.45) is 0. The molecule has 0 bridgehead atoms. The van der Waals surface area contributed by atoms with Gasteiger partial charge in [-0.05, 0) is 6.92 Å². The van der Waals surface area contributed by atoms with Crippen LogP contribution in [0.5, 0.6) is 0 Å². The van der Waals surface area contributed by atoms with Crippen LogP contribution in [-0.4, -0.2) is 28.5 Å². The van der Waals surface area contributed by atoms with Gasteiger partial charge >= 0.3 is 5.97 Å². The number of aromatic nitrogens is 2. The number of nitrogens with zero attached hydrogens (tertiary/aromatic N) is 2. The third kappa shape index (κ3) is 3.44. The molecular formula is C10H9ClN4O3S2. The molecule has 2 rings (SSSR count).